The van der Waals surface area contributed by atoms with Crippen LogP contribution in [0, 0.1) is 18.6 Å². The van der Waals surface area contributed by atoms with E-state index in [1.54, 1.807) is 0 Å². The lowest BCUT2D eigenvalue weighted by Gasteiger charge is -2.24. The molecule has 2 nitrogen and oxygen atoms in total. The Morgan fingerprint density at radius 1 is 1.22 bits per heavy atom. The number of nitrogens with one attached hydrogen (secondary N) is 1. The van der Waals surface area contributed by atoms with Gasteiger partial charge in [-0.05, 0) is 33.0 Å². The van der Waals surface area contributed by atoms with Crippen molar-refractivity contribution in [2.45, 2.75) is 27.7 Å². The Hall–Kier alpha value is -1.16. The number of benzene rings is 1. The molecule has 0 amide bonds. The van der Waals surface area contributed by atoms with Crippen LogP contribution in [0.15, 0.2) is 12.1 Å². The molecule has 4 heteroatoms. The molecule has 0 unspecified atom stereocenters. The highest BCUT2D eigenvalue weighted by Crippen LogP contribution is 2.23. The smallest absolute Gasteiger partial charge is 0.152 e. The van der Waals surface area contributed by atoms with Crippen LogP contribution >= 0.6 is 0 Å². The molecule has 1 aromatic rings. The number of hydrogen-bond acceptors (Lipinski definition) is 2. The van der Waals surface area contributed by atoms with Crippen molar-refractivity contribution in [3.8, 4) is 0 Å². The van der Waals surface area contributed by atoms with E-state index in [9.17, 15) is 8.78 Å². The SMILES string of the molecule is CC.CCN(CCNC)c1ccc(F)c(C)c1F. The van der Waals surface area contributed by atoms with Gasteiger partial charge in [-0.2, -0.15) is 0 Å². The first-order chi connectivity index (χ1) is 8.61. The van der Waals surface area contributed by atoms with Gasteiger partial charge in [-0.25, -0.2) is 8.78 Å². The van der Waals surface area contributed by atoms with Crippen LogP contribution in [0.5, 0.6) is 0 Å². The first-order valence-electron chi connectivity index (χ1n) is 6.46. The van der Waals surface area contributed by atoms with Crippen molar-refractivity contribution in [1.29, 1.82) is 0 Å². The zero-order chi connectivity index (χ0) is 14.1. The average Bonchev–Trinajstić information content (AvgIpc) is 2.41. The summed E-state index contributed by atoms with van der Waals surface area (Å²) in [5.74, 6) is -0.955. The van der Waals surface area contributed by atoms with Crippen LogP contribution < -0.4 is 10.2 Å². The minimum atomic E-state index is -0.495. The van der Waals surface area contributed by atoms with Crippen molar-refractivity contribution in [2.75, 3.05) is 31.6 Å². The second kappa shape index (κ2) is 8.86. The molecule has 0 bridgehead atoms. The summed E-state index contributed by atoms with van der Waals surface area (Å²) in [6.45, 7) is 9.58. The zero-order valence-electron chi connectivity index (χ0n) is 12.0. The van der Waals surface area contributed by atoms with E-state index in [2.05, 4.69) is 5.32 Å². The molecule has 0 saturated heterocycles. The number of hydrogen-bond donors (Lipinski definition) is 1. The van der Waals surface area contributed by atoms with Crippen molar-refractivity contribution in [3.05, 3.63) is 29.3 Å². The number of halogens is 2. The summed E-state index contributed by atoms with van der Waals surface area (Å²) in [4.78, 5) is 1.89. The molecule has 18 heavy (non-hydrogen) atoms. The zero-order valence-corrected chi connectivity index (χ0v) is 12.0. The third kappa shape index (κ3) is 4.26. The van der Waals surface area contributed by atoms with Crippen LogP contribution in [0.25, 0.3) is 0 Å². The Bertz CT molecular complexity index is 354. The molecule has 1 aromatic carbocycles. The van der Waals surface area contributed by atoms with Gasteiger partial charge in [0.2, 0.25) is 0 Å². The molecule has 0 spiro atoms. The van der Waals surface area contributed by atoms with Crippen LogP contribution in [0.3, 0.4) is 0 Å². The molecule has 0 aliphatic heterocycles. The first kappa shape index (κ1) is 16.8. The van der Waals surface area contributed by atoms with Gasteiger partial charge in [0.05, 0.1) is 5.69 Å². The van der Waals surface area contributed by atoms with Crippen molar-refractivity contribution < 1.29 is 8.78 Å². The topological polar surface area (TPSA) is 15.3 Å². The second-order valence-corrected chi connectivity index (χ2v) is 3.69. The third-order valence-electron chi connectivity index (χ3n) is 2.65. The quantitative estimate of drug-likeness (QED) is 0.871. The van der Waals surface area contributed by atoms with E-state index in [-0.39, 0.29) is 5.56 Å². The van der Waals surface area contributed by atoms with Crippen LogP contribution in [-0.4, -0.2) is 26.7 Å². The molecular weight excluding hydrogens is 234 g/mol. The molecule has 1 N–H and O–H groups in total. The minimum Gasteiger partial charge on any atom is -0.368 e. The monoisotopic (exact) mass is 258 g/mol. The maximum absolute atomic E-state index is 13.8. The summed E-state index contributed by atoms with van der Waals surface area (Å²) < 4.78 is 26.9. The van der Waals surface area contributed by atoms with Gasteiger partial charge in [-0.1, -0.05) is 13.8 Å². The van der Waals surface area contributed by atoms with E-state index in [4.69, 9.17) is 0 Å². The minimum absolute atomic E-state index is 0.0837. The molecule has 0 heterocycles. The van der Waals surface area contributed by atoms with Gasteiger partial charge in [-0.15, -0.1) is 0 Å². The Labute approximate surface area is 109 Å². The molecule has 1 rings (SSSR count). The maximum Gasteiger partial charge on any atom is 0.152 e. The third-order valence-corrected chi connectivity index (χ3v) is 2.65. The van der Waals surface area contributed by atoms with Crippen LogP contribution in [0.1, 0.15) is 26.3 Å². The van der Waals surface area contributed by atoms with E-state index in [0.29, 0.717) is 18.8 Å². The first-order valence-corrected chi connectivity index (χ1v) is 6.46. The van der Waals surface area contributed by atoms with Crippen molar-refractivity contribution in [2.24, 2.45) is 0 Å². The van der Waals surface area contributed by atoms with Gasteiger partial charge in [0, 0.05) is 25.2 Å². The molecule has 104 valence electrons. The predicted molar refractivity (Wildman–Crippen MR) is 74.3 cm³/mol. The molecule has 0 atom stereocenters. The maximum atomic E-state index is 13.8. The van der Waals surface area contributed by atoms with Gasteiger partial charge in [0.25, 0.3) is 0 Å². The average molecular weight is 258 g/mol. The fourth-order valence-electron chi connectivity index (χ4n) is 1.59. The molecule has 0 aliphatic carbocycles. The summed E-state index contributed by atoms with van der Waals surface area (Å²) in [5.41, 5.74) is 0.553. The number of nitrogens with zero attached hydrogens (tertiary/aromatic N) is 1. The number of likely N-dealkylation sites (N-methyl/N-ethyl adjacent to an activating group) is 2. The summed E-state index contributed by atoms with van der Waals surface area (Å²) in [5, 5.41) is 3.01. The lowest BCUT2D eigenvalue weighted by Crippen LogP contribution is -2.31. The van der Waals surface area contributed by atoms with Gasteiger partial charge >= 0.3 is 0 Å². The Balaban J connectivity index is 0.00000137. The summed E-state index contributed by atoms with van der Waals surface area (Å²) >= 11 is 0. The predicted octanol–water partition coefficient (Wildman–Crippen LogP) is 3.35. The standard InChI is InChI=1S/C12H18F2N2.C2H6/c1-4-16(8-7-15-3)11-6-5-10(13)9(2)12(11)14;1-2/h5-6,15H,4,7-8H2,1-3H3;1-2H3. The van der Waals surface area contributed by atoms with Crippen molar-refractivity contribution in [1.82, 2.24) is 5.32 Å². The molecular formula is C14H24F2N2. The number of rotatable bonds is 5. The molecule has 0 aromatic heterocycles. The Morgan fingerprint density at radius 2 is 1.83 bits per heavy atom. The highest BCUT2D eigenvalue weighted by atomic mass is 19.1. The second-order valence-electron chi connectivity index (χ2n) is 3.69. The highest BCUT2D eigenvalue weighted by molar-refractivity contribution is 5.50. The van der Waals surface area contributed by atoms with Crippen LogP contribution in [-0.2, 0) is 0 Å². The lowest BCUT2D eigenvalue weighted by atomic mass is 10.1. The fraction of sp³-hybridized carbons (Fsp3) is 0.571. The van der Waals surface area contributed by atoms with Crippen molar-refractivity contribution in [3.63, 3.8) is 0 Å². The van der Waals surface area contributed by atoms with Gasteiger partial charge in [0.15, 0.2) is 5.82 Å². The van der Waals surface area contributed by atoms with Crippen molar-refractivity contribution >= 4 is 5.69 Å². The summed E-state index contributed by atoms with van der Waals surface area (Å²) in [6, 6.07) is 2.81. The molecule has 0 fully saturated rings. The van der Waals surface area contributed by atoms with Gasteiger partial charge in [0.1, 0.15) is 5.82 Å². The normalized spacial score (nSPS) is 9.72. The van der Waals surface area contributed by atoms with E-state index in [1.165, 1.54) is 19.1 Å². The fourth-order valence-corrected chi connectivity index (χ4v) is 1.59. The van der Waals surface area contributed by atoms with E-state index >= 15 is 0 Å². The number of anilines is 1. The molecule has 0 aliphatic rings. The van der Waals surface area contributed by atoms with Crippen LogP contribution in [0.4, 0.5) is 14.5 Å². The Kier molecular flexibility index (Phi) is 8.29. The molecule has 0 radical (unpaired) electrons. The summed E-state index contributed by atoms with van der Waals surface area (Å²) in [6.07, 6.45) is 0. The van der Waals surface area contributed by atoms with E-state index in [0.717, 1.165) is 6.54 Å². The highest BCUT2D eigenvalue weighted by Gasteiger charge is 2.14. The summed E-state index contributed by atoms with van der Waals surface area (Å²) in [7, 11) is 1.85. The van der Waals surface area contributed by atoms with E-state index < -0.39 is 11.6 Å². The van der Waals surface area contributed by atoms with Gasteiger partial charge in [-0.3, -0.25) is 0 Å². The Morgan fingerprint density at radius 3 is 2.33 bits per heavy atom. The van der Waals surface area contributed by atoms with E-state index in [1.807, 2.05) is 32.7 Å². The molecule has 0 saturated carbocycles. The van der Waals surface area contributed by atoms with Crippen LogP contribution in [0.2, 0.25) is 0 Å². The van der Waals surface area contributed by atoms with Gasteiger partial charge < -0.3 is 10.2 Å². The lowest BCUT2D eigenvalue weighted by molar-refractivity contribution is 0.563. The largest absolute Gasteiger partial charge is 0.368 e.